The first-order chi connectivity index (χ1) is 28.8. The number of benzene rings is 3. The zero-order chi connectivity index (χ0) is 42.8. The van der Waals surface area contributed by atoms with Gasteiger partial charge in [-0.15, -0.1) is 0 Å². The summed E-state index contributed by atoms with van der Waals surface area (Å²) >= 11 is 0. The van der Waals surface area contributed by atoms with Crippen LogP contribution in [0.3, 0.4) is 0 Å². The molecule has 2 aliphatic rings. The molecule has 1 unspecified atom stereocenters. The van der Waals surface area contributed by atoms with Crippen LogP contribution in [0.2, 0.25) is 0 Å². The number of hydrogen-bond donors (Lipinski definition) is 4. The molecule has 2 aromatic heterocycles. The van der Waals surface area contributed by atoms with E-state index in [1.54, 1.807) is 0 Å². The molecule has 3 aromatic carbocycles. The van der Waals surface area contributed by atoms with Crippen LogP contribution in [0.4, 0.5) is 9.59 Å². The fourth-order valence-electron chi connectivity index (χ4n) is 8.71. The van der Waals surface area contributed by atoms with E-state index in [-0.39, 0.29) is 47.8 Å². The maximum absolute atomic E-state index is 13.8. The molecular formula is C46H56N8O6. The predicted octanol–water partition coefficient (Wildman–Crippen LogP) is 8.15. The van der Waals surface area contributed by atoms with Gasteiger partial charge in [0.2, 0.25) is 11.8 Å². The van der Waals surface area contributed by atoms with Gasteiger partial charge in [0.25, 0.3) is 0 Å². The summed E-state index contributed by atoms with van der Waals surface area (Å²) in [4.78, 5) is 71.8. The van der Waals surface area contributed by atoms with Gasteiger partial charge in [0.05, 0.1) is 50.1 Å². The second-order valence-electron chi connectivity index (χ2n) is 16.8. The Morgan fingerprint density at radius 2 is 1.00 bits per heavy atom. The number of aromatic amines is 2. The number of carbonyl (C=O) groups is 4. The van der Waals surface area contributed by atoms with E-state index in [9.17, 15) is 19.2 Å². The van der Waals surface area contributed by atoms with Gasteiger partial charge in [-0.05, 0) is 91.0 Å². The third kappa shape index (κ3) is 8.45. The van der Waals surface area contributed by atoms with Gasteiger partial charge in [-0.3, -0.25) is 9.59 Å². The average Bonchev–Trinajstić information content (AvgIpc) is 4.08. The van der Waals surface area contributed by atoms with Crippen LogP contribution >= 0.6 is 0 Å². The third-order valence-corrected chi connectivity index (χ3v) is 12.1. The molecule has 4 N–H and O–H groups in total. The molecule has 4 heterocycles. The number of alkyl carbamates (subject to hydrolysis) is 2. The summed E-state index contributed by atoms with van der Waals surface area (Å²) in [6, 6.07) is 19.2. The first-order valence-electron chi connectivity index (χ1n) is 20.9. The van der Waals surface area contributed by atoms with Crippen molar-refractivity contribution in [1.82, 2.24) is 40.4 Å². The Balaban J connectivity index is 1.04. The average molecular weight is 817 g/mol. The predicted molar refractivity (Wildman–Crippen MR) is 229 cm³/mol. The Labute approximate surface area is 350 Å². The topological polar surface area (TPSA) is 175 Å². The Hall–Kier alpha value is -6.18. The van der Waals surface area contributed by atoms with E-state index in [1.807, 2.05) is 63.7 Å². The molecule has 6 atom stereocenters. The van der Waals surface area contributed by atoms with Crippen molar-refractivity contribution in [3.05, 3.63) is 84.7 Å². The zero-order valence-corrected chi connectivity index (χ0v) is 35.6. The Morgan fingerprint density at radius 3 is 1.45 bits per heavy atom. The standard InChI is InChI=1S/C46H56N8O6/c1-25(2)39(51-45(57)59-7)43(55)53-27(5)9-19-37(53)41-47-23-35(49-41)30-13-11-29(12-14-30)31-15-16-33-22-34(18-17-32(33)21-31)36-24-48-42(50-36)38-20-10-28(6)54(38)44(56)40(26(3)4)52-46(58)60-8/h11-18,21-28,37-40H,9-10,19-20H2,1-8H3,(H,47,49)(H,48,50)(H,51,57)(H,52,58)/t27-,28-,37-,38-,39-,40?/m0/s1. The fraction of sp³-hybridized carbons (Fsp3) is 0.435. The maximum Gasteiger partial charge on any atom is 0.407 e. The summed E-state index contributed by atoms with van der Waals surface area (Å²) in [6.07, 6.45) is 5.60. The minimum Gasteiger partial charge on any atom is -0.453 e. The second-order valence-corrected chi connectivity index (χ2v) is 16.8. The molecule has 7 rings (SSSR count). The van der Waals surface area contributed by atoms with Crippen molar-refractivity contribution in [2.24, 2.45) is 11.8 Å². The molecule has 2 fully saturated rings. The van der Waals surface area contributed by atoms with Crippen LogP contribution in [-0.2, 0) is 19.1 Å². The fourth-order valence-corrected chi connectivity index (χ4v) is 8.71. The molecule has 14 nitrogen and oxygen atoms in total. The number of likely N-dealkylation sites (tertiary alicyclic amines) is 2. The number of methoxy groups -OCH3 is 2. The lowest BCUT2D eigenvalue weighted by molar-refractivity contribution is -0.138. The number of H-pyrrole nitrogens is 2. The van der Waals surface area contributed by atoms with Crippen molar-refractivity contribution < 1.29 is 28.7 Å². The molecule has 0 aliphatic carbocycles. The first-order valence-corrected chi connectivity index (χ1v) is 20.9. The number of amides is 4. The minimum absolute atomic E-state index is 0.000337. The van der Waals surface area contributed by atoms with Gasteiger partial charge < -0.3 is 39.9 Å². The Bertz CT molecular complexity index is 2350. The van der Waals surface area contributed by atoms with Crippen LogP contribution in [0.5, 0.6) is 0 Å². The number of fused-ring (bicyclic) bond motifs is 1. The van der Waals surface area contributed by atoms with E-state index in [4.69, 9.17) is 19.4 Å². The number of nitrogens with one attached hydrogen (secondary N) is 4. The van der Waals surface area contributed by atoms with E-state index in [2.05, 4.69) is 81.3 Å². The zero-order valence-electron chi connectivity index (χ0n) is 35.6. The third-order valence-electron chi connectivity index (χ3n) is 12.1. The molecule has 14 heteroatoms. The SMILES string of the molecule is COC(=O)NC(C(=O)N1[C@@H](C)CC[C@H]1c1ncc(-c2ccc3cc(-c4ccc(-c5cnc([C@@H]6CC[C@H](C)N6C(=O)[C@@H](NC(=O)OC)C(C)C)[nH]5)cc4)ccc3c2)[nH]1)C(C)C. The summed E-state index contributed by atoms with van der Waals surface area (Å²) in [5.74, 6) is 0.935. The lowest BCUT2D eigenvalue weighted by atomic mass is 9.98. The molecule has 2 saturated heterocycles. The number of nitrogens with zero attached hydrogens (tertiary/aromatic N) is 4. The van der Waals surface area contributed by atoms with E-state index >= 15 is 0 Å². The summed E-state index contributed by atoms with van der Waals surface area (Å²) in [5.41, 5.74) is 5.87. The number of carbonyl (C=O) groups excluding carboxylic acids is 4. The molecule has 5 aromatic rings. The van der Waals surface area contributed by atoms with Crippen molar-refractivity contribution in [1.29, 1.82) is 0 Å². The number of hydrogen-bond acceptors (Lipinski definition) is 8. The van der Waals surface area contributed by atoms with Crippen molar-refractivity contribution in [2.75, 3.05) is 14.2 Å². The van der Waals surface area contributed by atoms with Crippen molar-refractivity contribution in [3.8, 4) is 33.6 Å². The van der Waals surface area contributed by atoms with Gasteiger partial charge in [-0.2, -0.15) is 0 Å². The van der Waals surface area contributed by atoms with Gasteiger partial charge in [0, 0.05) is 17.6 Å². The Morgan fingerprint density at radius 1 is 0.600 bits per heavy atom. The van der Waals surface area contributed by atoms with E-state index in [0.717, 1.165) is 81.7 Å². The lowest BCUT2D eigenvalue weighted by Gasteiger charge is -2.32. The van der Waals surface area contributed by atoms with Crippen LogP contribution < -0.4 is 10.6 Å². The normalized spacial score (nSPS) is 20.1. The number of ether oxygens (including phenoxy) is 2. The van der Waals surface area contributed by atoms with Crippen molar-refractivity contribution >= 4 is 34.8 Å². The molecule has 4 amide bonds. The number of aromatic nitrogens is 4. The van der Waals surface area contributed by atoms with Crippen molar-refractivity contribution in [3.63, 3.8) is 0 Å². The van der Waals surface area contributed by atoms with Gasteiger partial charge >= 0.3 is 12.2 Å². The van der Waals surface area contributed by atoms with E-state index in [0.29, 0.717) is 0 Å². The summed E-state index contributed by atoms with van der Waals surface area (Å²) in [5, 5.41) is 7.63. The molecule has 0 saturated carbocycles. The quantitative estimate of drug-likeness (QED) is 0.103. The second kappa shape index (κ2) is 17.6. The molecule has 0 radical (unpaired) electrons. The highest BCUT2D eigenvalue weighted by molar-refractivity contribution is 5.91. The molecular weight excluding hydrogens is 761 g/mol. The molecule has 0 spiro atoms. The largest absolute Gasteiger partial charge is 0.453 e. The highest BCUT2D eigenvalue weighted by Gasteiger charge is 2.42. The summed E-state index contributed by atoms with van der Waals surface area (Å²) in [7, 11) is 2.59. The molecule has 316 valence electrons. The summed E-state index contributed by atoms with van der Waals surface area (Å²) < 4.78 is 9.59. The van der Waals surface area contributed by atoms with Gasteiger partial charge in [0.15, 0.2) is 0 Å². The molecule has 0 bridgehead atoms. The summed E-state index contributed by atoms with van der Waals surface area (Å²) in [6.45, 7) is 11.7. The van der Waals surface area contributed by atoms with Crippen LogP contribution in [0.1, 0.15) is 91.0 Å². The van der Waals surface area contributed by atoms with Gasteiger partial charge in [-0.1, -0.05) is 76.2 Å². The highest BCUT2D eigenvalue weighted by Crippen LogP contribution is 2.39. The smallest absolute Gasteiger partial charge is 0.407 e. The lowest BCUT2D eigenvalue weighted by Crippen LogP contribution is -2.52. The maximum atomic E-state index is 13.8. The number of imidazole rings is 2. The van der Waals surface area contributed by atoms with Crippen LogP contribution in [0.25, 0.3) is 44.4 Å². The first kappa shape index (κ1) is 42.0. The van der Waals surface area contributed by atoms with Gasteiger partial charge in [-0.25, -0.2) is 19.6 Å². The molecule has 60 heavy (non-hydrogen) atoms. The highest BCUT2D eigenvalue weighted by atomic mass is 16.5. The Kier molecular flexibility index (Phi) is 12.3. The van der Waals surface area contributed by atoms with E-state index < -0.39 is 24.3 Å². The van der Waals surface area contributed by atoms with Gasteiger partial charge in [0.1, 0.15) is 23.7 Å². The van der Waals surface area contributed by atoms with Crippen molar-refractivity contribution in [2.45, 2.75) is 103 Å². The van der Waals surface area contributed by atoms with Crippen LogP contribution in [0.15, 0.2) is 73.1 Å². The van der Waals surface area contributed by atoms with E-state index in [1.165, 1.54) is 14.2 Å². The van der Waals surface area contributed by atoms with Crippen LogP contribution in [0, 0.1) is 11.8 Å². The molecule has 2 aliphatic heterocycles. The monoisotopic (exact) mass is 816 g/mol. The minimum atomic E-state index is -0.705. The number of rotatable bonds is 11. The van der Waals surface area contributed by atoms with Crippen LogP contribution in [-0.4, -0.2) is 92.1 Å².